The predicted molar refractivity (Wildman–Crippen MR) is 69.1 cm³/mol. The van der Waals surface area contributed by atoms with Gasteiger partial charge in [-0.05, 0) is 20.3 Å². The lowest BCUT2D eigenvalue weighted by atomic mass is 10.1. The van der Waals surface area contributed by atoms with Crippen LogP contribution in [-0.4, -0.2) is 24.5 Å². The first-order chi connectivity index (χ1) is 8.10. The molecule has 1 N–H and O–H groups in total. The molecular formula is C12H19ClN2O2. The molecule has 0 radical (unpaired) electrons. The molecular weight excluding hydrogens is 240 g/mol. The number of carbonyl (C=O) groups is 1. The number of nitrogens with one attached hydrogen (secondary N) is 1. The standard InChI is InChI=1S/C12H19ClN2O2/c1-4-6-7-9-14-8(3)10(11(13)15-9)12(16)17-5-2/h8H,4-7H2,1-3H3,(H,14,15). The van der Waals surface area contributed by atoms with Gasteiger partial charge in [-0.15, -0.1) is 0 Å². The number of amidine groups is 1. The first-order valence-electron chi connectivity index (χ1n) is 6.00. The number of hydrogen-bond acceptors (Lipinski definition) is 4. The molecule has 0 spiro atoms. The monoisotopic (exact) mass is 258 g/mol. The highest BCUT2D eigenvalue weighted by Crippen LogP contribution is 2.20. The summed E-state index contributed by atoms with van der Waals surface area (Å²) in [6, 6.07) is -0.241. The zero-order valence-electron chi connectivity index (χ0n) is 10.5. The van der Waals surface area contributed by atoms with E-state index in [4.69, 9.17) is 16.3 Å². The average molecular weight is 259 g/mol. The maximum atomic E-state index is 11.7. The fraction of sp³-hybridized carbons (Fsp3) is 0.667. The maximum absolute atomic E-state index is 11.7. The van der Waals surface area contributed by atoms with Gasteiger partial charge in [0.15, 0.2) is 0 Å². The van der Waals surface area contributed by atoms with E-state index in [2.05, 4.69) is 17.2 Å². The minimum absolute atomic E-state index is 0.241. The summed E-state index contributed by atoms with van der Waals surface area (Å²) in [6.07, 6.45) is 3.01. The van der Waals surface area contributed by atoms with Crippen molar-refractivity contribution < 1.29 is 9.53 Å². The topological polar surface area (TPSA) is 50.7 Å². The number of halogens is 1. The molecule has 1 aliphatic rings. The fourth-order valence-electron chi connectivity index (χ4n) is 1.65. The molecule has 0 bridgehead atoms. The Bertz CT molecular complexity index is 350. The molecule has 0 aliphatic carbocycles. The lowest BCUT2D eigenvalue weighted by Crippen LogP contribution is -2.33. The summed E-state index contributed by atoms with van der Waals surface area (Å²) in [5.74, 6) is 0.452. The third kappa shape index (κ3) is 3.73. The molecule has 0 fully saturated rings. The Labute approximate surface area is 107 Å². The quantitative estimate of drug-likeness (QED) is 0.609. The van der Waals surface area contributed by atoms with Crippen molar-refractivity contribution in [2.45, 2.75) is 46.1 Å². The normalized spacial score (nSPS) is 19.8. The van der Waals surface area contributed by atoms with Crippen LogP contribution < -0.4 is 5.32 Å². The van der Waals surface area contributed by atoms with E-state index in [0.717, 1.165) is 25.1 Å². The smallest absolute Gasteiger partial charge is 0.339 e. The summed E-state index contributed by atoms with van der Waals surface area (Å²) in [7, 11) is 0. The summed E-state index contributed by atoms with van der Waals surface area (Å²) < 4.78 is 4.95. The van der Waals surface area contributed by atoms with Crippen LogP contribution in [0.1, 0.15) is 40.0 Å². The second-order valence-electron chi connectivity index (χ2n) is 3.93. The number of rotatable bonds is 5. The zero-order chi connectivity index (χ0) is 12.8. The van der Waals surface area contributed by atoms with Gasteiger partial charge in [0.05, 0.1) is 18.2 Å². The molecule has 0 amide bonds. The van der Waals surface area contributed by atoms with Crippen LogP contribution in [-0.2, 0) is 9.53 Å². The van der Waals surface area contributed by atoms with Crippen molar-refractivity contribution in [2.75, 3.05) is 6.61 Å². The molecule has 0 saturated carbocycles. The van der Waals surface area contributed by atoms with Crippen molar-refractivity contribution in [1.29, 1.82) is 0 Å². The lowest BCUT2D eigenvalue weighted by Gasteiger charge is -2.22. The van der Waals surface area contributed by atoms with E-state index in [0.29, 0.717) is 17.3 Å². The lowest BCUT2D eigenvalue weighted by molar-refractivity contribution is -0.138. The van der Waals surface area contributed by atoms with Gasteiger partial charge >= 0.3 is 5.97 Å². The number of aliphatic imine (C=N–C) groups is 1. The van der Waals surface area contributed by atoms with Crippen LogP contribution in [0, 0.1) is 0 Å². The maximum Gasteiger partial charge on any atom is 0.339 e. The van der Waals surface area contributed by atoms with Crippen LogP contribution in [0.3, 0.4) is 0 Å². The number of ether oxygens (including phenoxy) is 1. The first-order valence-corrected chi connectivity index (χ1v) is 6.38. The third-order valence-electron chi connectivity index (χ3n) is 2.52. The second kappa shape index (κ2) is 6.64. The van der Waals surface area contributed by atoms with E-state index in [1.807, 2.05) is 6.92 Å². The van der Waals surface area contributed by atoms with Crippen molar-refractivity contribution in [1.82, 2.24) is 5.32 Å². The molecule has 0 aromatic rings. The van der Waals surface area contributed by atoms with Crippen molar-refractivity contribution in [2.24, 2.45) is 4.99 Å². The van der Waals surface area contributed by atoms with Crippen LogP contribution in [0.15, 0.2) is 15.7 Å². The van der Waals surface area contributed by atoms with Crippen molar-refractivity contribution in [3.63, 3.8) is 0 Å². The van der Waals surface area contributed by atoms with Crippen molar-refractivity contribution in [3.05, 3.63) is 10.7 Å². The van der Waals surface area contributed by atoms with Gasteiger partial charge in [0.2, 0.25) is 0 Å². The molecule has 0 aromatic carbocycles. The largest absolute Gasteiger partial charge is 0.462 e. The van der Waals surface area contributed by atoms with Crippen LogP contribution in [0.25, 0.3) is 0 Å². The van der Waals surface area contributed by atoms with Crippen LogP contribution in [0.4, 0.5) is 0 Å². The molecule has 4 nitrogen and oxygen atoms in total. The van der Waals surface area contributed by atoms with E-state index in [1.54, 1.807) is 6.92 Å². The fourth-order valence-corrected chi connectivity index (χ4v) is 1.99. The van der Waals surface area contributed by atoms with Crippen LogP contribution in [0.2, 0.25) is 0 Å². The van der Waals surface area contributed by atoms with Gasteiger partial charge in [0, 0.05) is 6.42 Å². The van der Waals surface area contributed by atoms with E-state index in [1.165, 1.54) is 0 Å². The van der Waals surface area contributed by atoms with Gasteiger partial charge in [-0.2, -0.15) is 0 Å². The Hall–Kier alpha value is -1.03. The van der Waals surface area contributed by atoms with E-state index in [-0.39, 0.29) is 6.04 Å². The predicted octanol–water partition coefficient (Wildman–Crippen LogP) is 2.58. The number of hydrogen-bond donors (Lipinski definition) is 1. The molecule has 1 unspecified atom stereocenters. The van der Waals surface area contributed by atoms with Gasteiger partial charge in [-0.1, -0.05) is 24.9 Å². The molecule has 1 rings (SSSR count). The van der Waals surface area contributed by atoms with E-state index < -0.39 is 5.97 Å². The Morgan fingerprint density at radius 3 is 2.76 bits per heavy atom. The van der Waals surface area contributed by atoms with Crippen LogP contribution in [0.5, 0.6) is 0 Å². The van der Waals surface area contributed by atoms with Gasteiger partial charge < -0.3 is 10.1 Å². The number of nitrogens with zero attached hydrogens (tertiary/aromatic N) is 1. The molecule has 1 heterocycles. The van der Waals surface area contributed by atoms with Crippen molar-refractivity contribution in [3.8, 4) is 0 Å². The highest BCUT2D eigenvalue weighted by molar-refractivity contribution is 6.33. The summed E-state index contributed by atoms with van der Waals surface area (Å²) >= 11 is 6.07. The number of esters is 1. The van der Waals surface area contributed by atoms with Gasteiger partial charge in [-0.3, -0.25) is 4.99 Å². The van der Waals surface area contributed by atoms with E-state index in [9.17, 15) is 4.79 Å². The Balaban J connectivity index is 2.73. The molecule has 5 heteroatoms. The van der Waals surface area contributed by atoms with Gasteiger partial charge in [0.25, 0.3) is 0 Å². The van der Waals surface area contributed by atoms with E-state index >= 15 is 0 Å². The summed E-state index contributed by atoms with van der Waals surface area (Å²) in [5, 5.41) is 3.31. The number of unbranched alkanes of at least 4 members (excludes halogenated alkanes) is 1. The molecule has 0 aromatic heterocycles. The van der Waals surface area contributed by atoms with Crippen LogP contribution >= 0.6 is 11.6 Å². The van der Waals surface area contributed by atoms with Gasteiger partial charge in [0.1, 0.15) is 11.0 Å². The highest BCUT2D eigenvalue weighted by atomic mass is 35.5. The summed E-state index contributed by atoms with van der Waals surface area (Å²) in [4.78, 5) is 16.1. The van der Waals surface area contributed by atoms with Crippen molar-refractivity contribution >= 4 is 23.4 Å². The Kier molecular flexibility index (Phi) is 5.48. The second-order valence-corrected chi connectivity index (χ2v) is 4.31. The minimum Gasteiger partial charge on any atom is -0.462 e. The zero-order valence-corrected chi connectivity index (χ0v) is 11.3. The number of carbonyl (C=O) groups excluding carboxylic acids is 1. The molecule has 0 saturated heterocycles. The molecule has 17 heavy (non-hydrogen) atoms. The Morgan fingerprint density at radius 1 is 1.53 bits per heavy atom. The average Bonchev–Trinajstić information content (AvgIpc) is 2.25. The Morgan fingerprint density at radius 2 is 2.24 bits per heavy atom. The van der Waals surface area contributed by atoms with Gasteiger partial charge in [-0.25, -0.2) is 4.79 Å². The summed E-state index contributed by atoms with van der Waals surface area (Å²) in [5.41, 5.74) is 0.411. The first kappa shape index (κ1) is 14.0. The molecule has 1 aliphatic heterocycles. The SMILES string of the molecule is CCCCC1=NC(C)C(C(=O)OCC)=C(Cl)N1. The molecule has 1 atom stereocenters. The highest BCUT2D eigenvalue weighted by Gasteiger charge is 2.26. The molecule has 96 valence electrons. The minimum atomic E-state index is -0.393. The third-order valence-corrected chi connectivity index (χ3v) is 2.82. The summed E-state index contributed by atoms with van der Waals surface area (Å²) in [6.45, 7) is 6.07.